The summed E-state index contributed by atoms with van der Waals surface area (Å²) in [6, 6.07) is 1.93. The third-order valence-electron chi connectivity index (χ3n) is 1.71. The van der Waals surface area contributed by atoms with Crippen molar-refractivity contribution in [3.8, 4) is 0 Å². The summed E-state index contributed by atoms with van der Waals surface area (Å²) in [5, 5.41) is 9.62. The molecule has 2 nitrogen and oxygen atoms in total. The molecule has 0 aliphatic rings. The van der Waals surface area contributed by atoms with Crippen LogP contribution in [0.15, 0.2) is 16.7 Å². The van der Waals surface area contributed by atoms with Crippen molar-refractivity contribution in [2.45, 2.75) is 25.9 Å². The van der Waals surface area contributed by atoms with E-state index in [1.165, 1.54) is 0 Å². The van der Waals surface area contributed by atoms with Crippen LogP contribution in [0.25, 0.3) is 0 Å². The first-order valence-corrected chi connectivity index (χ1v) is 5.24. The van der Waals surface area contributed by atoms with Crippen LogP contribution in [-0.2, 0) is 6.42 Å². The fraction of sp³-hybridized carbons (Fsp3) is 0.444. The number of hydrogen-bond donors (Lipinski definition) is 1. The number of halogens is 2. The molecule has 1 heterocycles. The van der Waals surface area contributed by atoms with E-state index in [0.29, 0.717) is 11.6 Å². The number of aliphatic hydroxyl groups excluding tert-OH is 1. The highest BCUT2D eigenvalue weighted by Crippen LogP contribution is 2.19. The molecule has 0 bridgehead atoms. The number of aryl methyl sites for hydroxylation is 1. The molecule has 0 aliphatic carbocycles. The molecule has 0 aliphatic heterocycles. The van der Waals surface area contributed by atoms with E-state index in [0.717, 1.165) is 16.5 Å². The van der Waals surface area contributed by atoms with Crippen LogP contribution >= 0.6 is 27.5 Å². The van der Waals surface area contributed by atoms with Crippen molar-refractivity contribution in [3.05, 3.63) is 27.5 Å². The van der Waals surface area contributed by atoms with Crippen LogP contribution in [0, 0.1) is 0 Å². The summed E-state index contributed by atoms with van der Waals surface area (Å²) in [7, 11) is 0. The van der Waals surface area contributed by atoms with E-state index in [-0.39, 0.29) is 6.10 Å². The Bertz CT molecular complexity index is 291. The van der Waals surface area contributed by atoms with E-state index >= 15 is 0 Å². The smallest absolute Gasteiger partial charge is 0.132 e. The summed E-state index contributed by atoms with van der Waals surface area (Å²) in [5.41, 5.74) is 0.969. The zero-order chi connectivity index (χ0) is 9.84. The minimum absolute atomic E-state index is 0.296. The molecule has 0 unspecified atom stereocenters. The fourth-order valence-corrected chi connectivity index (χ4v) is 1.58. The Balaban J connectivity index is 2.70. The first-order valence-electron chi connectivity index (χ1n) is 4.07. The molecule has 1 aromatic heterocycles. The van der Waals surface area contributed by atoms with E-state index in [1.54, 1.807) is 13.1 Å². The maximum atomic E-state index is 9.10. The van der Waals surface area contributed by atoms with Gasteiger partial charge in [-0.1, -0.05) is 11.6 Å². The van der Waals surface area contributed by atoms with Crippen LogP contribution in [-0.4, -0.2) is 16.2 Å². The summed E-state index contributed by atoms with van der Waals surface area (Å²) >= 11 is 9.19. The number of pyridine rings is 1. The highest BCUT2D eigenvalue weighted by atomic mass is 79.9. The van der Waals surface area contributed by atoms with Gasteiger partial charge in [0.05, 0.1) is 6.10 Å². The van der Waals surface area contributed by atoms with Crippen molar-refractivity contribution in [2.24, 2.45) is 0 Å². The predicted molar refractivity (Wildman–Crippen MR) is 56.9 cm³/mol. The van der Waals surface area contributed by atoms with E-state index in [4.69, 9.17) is 16.7 Å². The number of hydrogen-bond acceptors (Lipinski definition) is 2. The average molecular weight is 265 g/mol. The molecular formula is C9H11BrClNO. The summed E-state index contributed by atoms with van der Waals surface area (Å²) in [6.07, 6.45) is 2.82. The van der Waals surface area contributed by atoms with Gasteiger partial charge in [0.1, 0.15) is 5.15 Å². The highest BCUT2D eigenvalue weighted by molar-refractivity contribution is 9.10. The summed E-state index contributed by atoms with van der Waals surface area (Å²) in [6.45, 7) is 1.76. The molecule has 1 atom stereocenters. The van der Waals surface area contributed by atoms with Gasteiger partial charge in [0.2, 0.25) is 0 Å². The van der Waals surface area contributed by atoms with Crippen molar-refractivity contribution in [3.63, 3.8) is 0 Å². The lowest BCUT2D eigenvalue weighted by Gasteiger charge is -2.05. The lowest BCUT2D eigenvalue weighted by Crippen LogP contribution is -2.02. The van der Waals surface area contributed by atoms with Gasteiger partial charge in [-0.3, -0.25) is 0 Å². The minimum Gasteiger partial charge on any atom is -0.393 e. The number of aliphatic hydroxyl groups is 1. The Hall–Kier alpha value is -0.120. The van der Waals surface area contributed by atoms with Crippen LogP contribution < -0.4 is 0 Å². The maximum absolute atomic E-state index is 9.10. The molecule has 1 N–H and O–H groups in total. The van der Waals surface area contributed by atoms with Crippen molar-refractivity contribution < 1.29 is 5.11 Å². The van der Waals surface area contributed by atoms with Gasteiger partial charge in [-0.05, 0) is 47.3 Å². The number of aromatic nitrogens is 1. The lowest BCUT2D eigenvalue weighted by atomic mass is 10.1. The lowest BCUT2D eigenvalue weighted by molar-refractivity contribution is 0.185. The van der Waals surface area contributed by atoms with Gasteiger partial charge in [-0.15, -0.1) is 0 Å². The van der Waals surface area contributed by atoms with E-state index in [2.05, 4.69) is 20.9 Å². The SMILES string of the molecule is C[C@@H](O)CCc1cc(Br)cnc1Cl. The number of nitrogens with zero attached hydrogens (tertiary/aromatic N) is 1. The first-order chi connectivity index (χ1) is 6.09. The van der Waals surface area contributed by atoms with Crippen LogP contribution in [0.5, 0.6) is 0 Å². The Labute approximate surface area is 91.1 Å². The van der Waals surface area contributed by atoms with Gasteiger partial charge >= 0.3 is 0 Å². The van der Waals surface area contributed by atoms with Gasteiger partial charge in [-0.25, -0.2) is 4.98 Å². The van der Waals surface area contributed by atoms with Crippen molar-refractivity contribution in [1.29, 1.82) is 0 Å². The van der Waals surface area contributed by atoms with Crippen LogP contribution in [0.4, 0.5) is 0 Å². The van der Waals surface area contributed by atoms with Crippen molar-refractivity contribution >= 4 is 27.5 Å². The standard InChI is InChI=1S/C9H11BrClNO/c1-6(13)2-3-7-4-8(10)5-12-9(7)11/h4-6,13H,2-3H2,1H3/t6-/m1/s1. The third kappa shape index (κ3) is 3.63. The topological polar surface area (TPSA) is 33.1 Å². The quantitative estimate of drug-likeness (QED) is 0.852. The summed E-state index contributed by atoms with van der Waals surface area (Å²) in [5.74, 6) is 0. The molecule has 1 rings (SSSR count). The Morgan fingerprint density at radius 3 is 3.00 bits per heavy atom. The summed E-state index contributed by atoms with van der Waals surface area (Å²) < 4.78 is 0.914. The molecule has 0 aromatic carbocycles. The second-order valence-electron chi connectivity index (χ2n) is 2.99. The van der Waals surface area contributed by atoms with Crippen molar-refractivity contribution in [1.82, 2.24) is 4.98 Å². The van der Waals surface area contributed by atoms with Gasteiger partial charge < -0.3 is 5.11 Å². The van der Waals surface area contributed by atoms with E-state index in [1.807, 2.05) is 6.07 Å². The molecule has 0 radical (unpaired) electrons. The molecule has 13 heavy (non-hydrogen) atoms. The first kappa shape index (κ1) is 11.0. The highest BCUT2D eigenvalue weighted by Gasteiger charge is 2.04. The Kier molecular flexibility index (Phi) is 4.16. The van der Waals surface area contributed by atoms with Crippen molar-refractivity contribution in [2.75, 3.05) is 0 Å². The van der Waals surface area contributed by atoms with Gasteiger partial charge in [0.15, 0.2) is 0 Å². The molecule has 1 aromatic rings. The van der Waals surface area contributed by atoms with Gasteiger partial charge in [0.25, 0.3) is 0 Å². The van der Waals surface area contributed by atoms with Gasteiger partial charge in [-0.2, -0.15) is 0 Å². The molecule has 0 saturated heterocycles. The fourth-order valence-electron chi connectivity index (χ4n) is 1.00. The molecule has 0 spiro atoms. The molecule has 0 saturated carbocycles. The molecule has 0 amide bonds. The molecule has 4 heteroatoms. The average Bonchev–Trinajstić information content (AvgIpc) is 2.06. The zero-order valence-corrected chi connectivity index (χ0v) is 9.64. The number of rotatable bonds is 3. The Morgan fingerprint density at radius 1 is 1.69 bits per heavy atom. The second-order valence-corrected chi connectivity index (χ2v) is 4.26. The van der Waals surface area contributed by atoms with Crippen LogP contribution in [0.2, 0.25) is 5.15 Å². The molecule has 72 valence electrons. The second kappa shape index (κ2) is 4.94. The zero-order valence-electron chi connectivity index (χ0n) is 7.30. The molecule has 0 fully saturated rings. The maximum Gasteiger partial charge on any atom is 0.132 e. The molecular weight excluding hydrogens is 253 g/mol. The van der Waals surface area contributed by atoms with Crippen LogP contribution in [0.1, 0.15) is 18.9 Å². The summed E-state index contributed by atoms with van der Waals surface area (Å²) in [4.78, 5) is 3.99. The van der Waals surface area contributed by atoms with E-state index in [9.17, 15) is 0 Å². The monoisotopic (exact) mass is 263 g/mol. The van der Waals surface area contributed by atoms with E-state index < -0.39 is 0 Å². The van der Waals surface area contributed by atoms with Crippen LogP contribution in [0.3, 0.4) is 0 Å². The predicted octanol–water partition coefficient (Wildman–Crippen LogP) is 2.81. The third-order valence-corrected chi connectivity index (χ3v) is 2.48. The Morgan fingerprint density at radius 2 is 2.38 bits per heavy atom. The van der Waals surface area contributed by atoms with Gasteiger partial charge in [0, 0.05) is 10.7 Å². The minimum atomic E-state index is -0.296. The largest absolute Gasteiger partial charge is 0.393 e. The normalized spacial score (nSPS) is 12.9.